The van der Waals surface area contributed by atoms with E-state index in [0.717, 1.165) is 10.9 Å². The molecule has 0 aliphatic carbocycles. The van der Waals surface area contributed by atoms with E-state index < -0.39 is 6.04 Å². The number of hydrogen-bond acceptors (Lipinski definition) is 4. The zero-order valence-corrected chi connectivity index (χ0v) is 16.2. The highest BCUT2D eigenvalue weighted by Crippen LogP contribution is 2.15. The van der Waals surface area contributed by atoms with Crippen molar-refractivity contribution in [1.82, 2.24) is 19.4 Å². The van der Waals surface area contributed by atoms with Crippen LogP contribution in [-0.4, -0.2) is 63.4 Å². The molecule has 2 N–H and O–H groups in total. The summed E-state index contributed by atoms with van der Waals surface area (Å²) < 4.78 is 2.06. The van der Waals surface area contributed by atoms with E-state index in [4.69, 9.17) is 5.73 Å². The van der Waals surface area contributed by atoms with Crippen LogP contribution in [0.1, 0.15) is 26.7 Å². The van der Waals surface area contributed by atoms with Gasteiger partial charge in [-0.2, -0.15) is 0 Å². The summed E-state index contributed by atoms with van der Waals surface area (Å²) in [5.74, 6) is 0.521. The van der Waals surface area contributed by atoms with Crippen LogP contribution < -0.4 is 5.73 Å². The molecule has 2 aromatic heterocycles. The number of nitrogens with zero attached hydrogens (tertiary/aromatic N) is 4. The summed E-state index contributed by atoms with van der Waals surface area (Å²) in [6.45, 7) is 7.04. The molecule has 0 spiro atoms. The van der Waals surface area contributed by atoms with Crippen LogP contribution in [0.4, 0.5) is 0 Å². The van der Waals surface area contributed by atoms with Crippen molar-refractivity contribution < 1.29 is 9.59 Å². The Hall–Kier alpha value is -2.41. The maximum absolute atomic E-state index is 12.6. The van der Waals surface area contributed by atoms with Crippen molar-refractivity contribution in [3.05, 3.63) is 30.7 Å². The molecule has 0 bridgehead atoms. The van der Waals surface area contributed by atoms with Crippen molar-refractivity contribution in [3.8, 4) is 0 Å². The van der Waals surface area contributed by atoms with E-state index in [0.29, 0.717) is 51.5 Å². The van der Waals surface area contributed by atoms with Gasteiger partial charge in [0, 0.05) is 56.9 Å². The summed E-state index contributed by atoms with van der Waals surface area (Å²) >= 11 is 0. The average Bonchev–Trinajstić information content (AvgIpc) is 3.08. The fourth-order valence-electron chi connectivity index (χ4n) is 3.62. The minimum absolute atomic E-state index is 0.00195. The minimum Gasteiger partial charge on any atom is -0.346 e. The third kappa shape index (κ3) is 4.66. The first kappa shape index (κ1) is 19.4. The van der Waals surface area contributed by atoms with E-state index in [9.17, 15) is 9.59 Å². The highest BCUT2D eigenvalue weighted by molar-refractivity contribution is 5.82. The van der Waals surface area contributed by atoms with Gasteiger partial charge in [-0.25, -0.2) is 0 Å². The summed E-state index contributed by atoms with van der Waals surface area (Å²) in [6, 6.07) is 3.56. The number of rotatable bonds is 6. The van der Waals surface area contributed by atoms with Crippen LogP contribution in [-0.2, 0) is 16.1 Å². The van der Waals surface area contributed by atoms with Crippen molar-refractivity contribution in [3.63, 3.8) is 0 Å². The second kappa shape index (κ2) is 8.52. The number of carbonyl (C=O) groups excluding carboxylic acids is 2. The molecule has 2 amide bonds. The fourth-order valence-corrected chi connectivity index (χ4v) is 3.62. The summed E-state index contributed by atoms with van der Waals surface area (Å²) in [5, 5.41) is 1.13. The molecule has 1 saturated heterocycles. The monoisotopic (exact) mass is 371 g/mol. The van der Waals surface area contributed by atoms with E-state index in [2.05, 4.69) is 23.4 Å². The van der Waals surface area contributed by atoms with E-state index in [1.165, 1.54) is 0 Å². The molecule has 0 radical (unpaired) electrons. The van der Waals surface area contributed by atoms with Gasteiger partial charge in [0.25, 0.3) is 0 Å². The van der Waals surface area contributed by atoms with Crippen LogP contribution in [0, 0.1) is 5.92 Å². The van der Waals surface area contributed by atoms with Crippen molar-refractivity contribution in [2.75, 3.05) is 26.2 Å². The van der Waals surface area contributed by atoms with E-state index >= 15 is 0 Å². The van der Waals surface area contributed by atoms with Gasteiger partial charge < -0.3 is 20.1 Å². The number of aromatic nitrogens is 2. The maximum Gasteiger partial charge on any atom is 0.239 e. The number of fused-ring (bicyclic) bond motifs is 1. The van der Waals surface area contributed by atoms with Crippen LogP contribution in [0.25, 0.3) is 10.9 Å². The normalized spacial score (nSPS) is 16.1. The first-order valence-corrected chi connectivity index (χ1v) is 9.66. The van der Waals surface area contributed by atoms with Crippen LogP contribution in [0.2, 0.25) is 0 Å². The Morgan fingerprint density at radius 2 is 1.85 bits per heavy atom. The third-order valence-corrected chi connectivity index (χ3v) is 5.13. The molecule has 1 fully saturated rings. The van der Waals surface area contributed by atoms with Crippen LogP contribution >= 0.6 is 0 Å². The van der Waals surface area contributed by atoms with Gasteiger partial charge in [-0.15, -0.1) is 0 Å². The van der Waals surface area contributed by atoms with Gasteiger partial charge in [-0.05, 0) is 24.5 Å². The molecule has 1 unspecified atom stereocenters. The summed E-state index contributed by atoms with van der Waals surface area (Å²) in [6.07, 6.45) is 6.72. The number of pyridine rings is 1. The molecule has 0 saturated carbocycles. The molecule has 7 nitrogen and oxygen atoms in total. The van der Waals surface area contributed by atoms with Gasteiger partial charge >= 0.3 is 0 Å². The van der Waals surface area contributed by atoms with Crippen LogP contribution in [0.5, 0.6) is 0 Å². The van der Waals surface area contributed by atoms with Crippen LogP contribution in [0.3, 0.4) is 0 Å². The highest BCUT2D eigenvalue weighted by atomic mass is 16.2. The molecular formula is C20H29N5O2. The summed E-state index contributed by atoms with van der Waals surface area (Å²) in [5.41, 5.74) is 7.05. The predicted molar refractivity (Wildman–Crippen MR) is 105 cm³/mol. The van der Waals surface area contributed by atoms with Crippen molar-refractivity contribution >= 4 is 22.7 Å². The summed E-state index contributed by atoms with van der Waals surface area (Å²) in [7, 11) is 0. The quantitative estimate of drug-likeness (QED) is 0.833. The SMILES string of the molecule is CC(C)CC(N)C(=O)N1CCN(C(=O)CCn2ccc3ccncc32)CC1. The second-order valence-corrected chi connectivity index (χ2v) is 7.64. The first-order chi connectivity index (χ1) is 13.0. The largest absolute Gasteiger partial charge is 0.346 e. The van der Waals surface area contributed by atoms with Crippen LogP contribution in [0.15, 0.2) is 30.7 Å². The molecule has 2 aromatic rings. The van der Waals surface area contributed by atoms with Gasteiger partial charge in [0.1, 0.15) is 0 Å². The lowest BCUT2D eigenvalue weighted by Gasteiger charge is -2.36. The van der Waals surface area contributed by atoms with Crippen molar-refractivity contribution in [1.29, 1.82) is 0 Å². The first-order valence-electron chi connectivity index (χ1n) is 9.66. The lowest BCUT2D eigenvalue weighted by molar-refractivity contribution is -0.140. The highest BCUT2D eigenvalue weighted by Gasteiger charge is 2.27. The lowest BCUT2D eigenvalue weighted by atomic mass is 10.0. The molecule has 7 heteroatoms. The molecular weight excluding hydrogens is 342 g/mol. The second-order valence-electron chi connectivity index (χ2n) is 7.64. The average molecular weight is 371 g/mol. The molecule has 0 aromatic carbocycles. The topological polar surface area (TPSA) is 84.5 Å². The molecule has 1 atom stereocenters. The number of aryl methyl sites for hydroxylation is 1. The number of amides is 2. The van der Waals surface area contributed by atoms with Crippen molar-refractivity contribution in [2.45, 2.75) is 39.3 Å². The Labute approximate surface area is 160 Å². The number of carbonyl (C=O) groups is 2. The Balaban J connectivity index is 1.48. The Kier molecular flexibility index (Phi) is 6.11. The van der Waals surface area contributed by atoms with E-state index in [-0.39, 0.29) is 11.8 Å². The Bertz CT molecular complexity index is 793. The molecule has 146 valence electrons. The molecule has 3 rings (SSSR count). The minimum atomic E-state index is -0.442. The number of hydrogen-bond donors (Lipinski definition) is 1. The lowest BCUT2D eigenvalue weighted by Crippen LogP contribution is -2.54. The van der Waals surface area contributed by atoms with E-state index in [1.54, 1.807) is 11.1 Å². The standard InChI is InChI=1S/C20H29N5O2/c1-15(2)13-17(21)20(27)25-11-9-24(10-12-25)19(26)5-8-23-7-4-16-3-6-22-14-18(16)23/h3-4,6-7,14-15,17H,5,8-13,21H2,1-2H3. The van der Waals surface area contributed by atoms with Crippen molar-refractivity contribution in [2.24, 2.45) is 11.7 Å². The summed E-state index contributed by atoms with van der Waals surface area (Å²) in [4.78, 5) is 32.8. The molecule has 1 aliphatic rings. The smallest absolute Gasteiger partial charge is 0.239 e. The number of piperazine rings is 1. The Morgan fingerprint density at radius 1 is 1.15 bits per heavy atom. The van der Waals surface area contributed by atoms with Gasteiger partial charge in [0.15, 0.2) is 0 Å². The molecule has 27 heavy (non-hydrogen) atoms. The van der Waals surface area contributed by atoms with Gasteiger partial charge in [-0.1, -0.05) is 13.8 Å². The van der Waals surface area contributed by atoms with E-state index in [1.807, 2.05) is 29.4 Å². The zero-order valence-electron chi connectivity index (χ0n) is 16.2. The maximum atomic E-state index is 12.6. The van der Waals surface area contributed by atoms with Gasteiger partial charge in [0.2, 0.25) is 11.8 Å². The van der Waals surface area contributed by atoms with Gasteiger partial charge in [-0.3, -0.25) is 14.6 Å². The molecule has 1 aliphatic heterocycles. The Morgan fingerprint density at radius 3 is 2.56 bits per heavy atom. The predicted octanol–water partition coefficient (Wildman–Crippen LogP) is 1.47. The zero-order chi connectivity index (χ0) is 19.4. The fraction of sp³-hybridized carbons (Fsp3) is 0.550. The van der Waals surface area contributed by atoms with Gasteiger partial charge in [0.05, 0.1) is 17.8 Å². The molecule has 3 heterocycles. The number of nitrogens with two attached hydrogens (primary N) is 1. The third-order valence-electron chi connectivity index (χ3n) is 5.13.